The molecule has 0 radical (unpaired) electrons. The van der Waals surface area contributed by atoms with E-state index in [0.717, 1.165) is 0 Å². The Morgan fingerprint density at radius 3 is 2.69 bits per heavy atom. The minimum Gasteiger partial charge on any atom is -0.508 e. The van der Waals surface area contributed by atoms with Crippen LogP contribution in [0.5, 0.6) is 5.75 Å². The van der Waals surface area contributed by atoms with E-state index in [1.165, 1.54) is 18.2 Å². The Morgan fingerprint density at radius 1 is 1.46 bits per heavy atom. The van der Waals surface area contributed by atoms with E-state index in [4.69, 9.17) is 16.0 Å². The molecule has 0 heterocycles. The normalized spacial score (nSPS) is 11.6. The average molecular weight is 182 g/mol. The van der Waals surface area contributed by atoms with Gasteiger partial charge in [-0.2, -0.15) is 0 Å². The molecule has 0 fully saturated rings. The van der Waals surface area contributed by atoms with Crippen LogP contribution in [-0.2, 0) is 6.61 Å². The molecule has 1 rings (SSSR count). The van der Waals surface area contributed by atoms with Crippen molar-refractivity contribution in [2.75, 3.05) is 0 Å². The van der Waals surface area contributed by atoms with Gasteiger partial charge in [0.05, 0.1) is 6.61 Å². The van der Waals surface area contributed by atoms with E-state index < -0.39 is 0 Å². The number of hydrogen-bond donors (Lipinski definition) is 4. The molecule has 0 atom stereocenters. The molecule has 5 N–H and O–H groups in total. The topological polar surface area (TPSA) is 99.1 Å². The molecule has 0 unspecified atom stereocenters. The number of rotatable bonds is 2. The number of aliphatic hydroxyl groups is 1. The fourth-order valence-electron chi connectivity index (χ4n) is 0.929. The summed E-state index contributed by atoms with van der Waals surface area (Å²) < 4.78 is 0. The number of nitrogens with two attached hydrogens (primary N) is 1. The van der Waals surface area contributed by atoms with Crippen LogP contribution in [-0.4, -0.2) is 21.3 Å². The zero-order valence-electron chi connectivity index (χ0n) is 6.81. The van der Waals surface area contributed by atoms with Gasteiger partial charge in [0, 0.05) is 11.1 Å². The maximum Gasteiger partial charge on any atom is 0.170 e. The van der Waals surface area contributed by atoms with E-state index in [0.29, 0.717) is 11.1 Å². The fraction of sp³-hybridized carbons (Fsp3) is 0.125. The van der Waals surface area contributed by atoms with Gasteiger partial charge in [-0.3, -0.25) is 0 Å². The van der Waals surface area contributed by atoms with Crippen LogP contribution in [0, 0.1) is 0 Å². The van der Waals surface area contributed by atoms with E-state index in [9.17, 15) is 5.11 Å². The molecule has 13 heavy (non-hydrogen) atoms. The minimum atomic E-state index is -0.293. The lowest BCUT2D eigenvalue weighted by atomic mass is 10.1. The summed E-state index contributed by atoms with van der Waals surface area (Å²) in [5.74, 6) is -0.0771. The number of nitrogens with zero attached hydrogens (tertiary/aromatic N) is 1. The van der Waals surface area contributed by atoms with Crippen molar-refractivity contribution < 1.29 is 15.4 Å². The van der Waals surface area contributed by atoms with Crippen LogP contribution < -0.4 is 5.73 Å². The van der Waals surface area contributed by atoms with Gasteiger partial charge in [0.1, 0.15) is 5.75 Å². The van der Waals surface area contributed by atoms with Gasteiger partial charge in [-0.1, -0.05) is 5.16 Å². The summed E-state index contributed by atoms with van der Waals surface area (Å²) in [6, 6.07) is 4.31. The Bertz CT molecular complexity index is 336. The Hall–Kier alpha value is -1.75. The standard InChI is InChI=1S/C8H10N2O3/c9-8(10-13)5-1-2-7(12)6(3-5)4-11/h1-3,11-13H,4H2,(H2,9,10). The second-order valence-electron chi connectivity index (χ2n) is 2.49. The van der Waals surface area contributed by atoms with Crippen LogP contribution in [0.25, 0.3) is 0 Å². The average Bonchev–Trinajstić information content (AvgIpc) is 2.17. The minimum absolute atomic E-state index is 0.0167. The van der Waals surface area contributed by atoms with Crippen molar-refractivity contribution >= 4 is 5.84 Å². The molecule has 1 aromatic rings. The van der Waals surface area contributed by atoms with Gasteiger partial charge in [-0.15, -0.1) is 0 Å². The smallest absolute Gasteiger partial charge is 0.170 e. The summed E-state index contributed by atoms with van der Waals surface area (Å²) in [5.41, 5.74) is 6.09. The first kappa shape index (κ1) is 9.34. The summed E-state index contributed by atoms with van der Waals surface area (Å²) in [4.78, 5) is 0. The van der Waals surface area contributed by atoms with Crippen molar-refractivity contribution in [3.8, 4) is 5.75 Å². The highest BCUT2D eigenvalue weighted by Crippen LogP contribution is 2.17. The lowest BCUT2D eigenvalue weighted by Gasteiger charge is -2.03. The molecule has 5 heteroatoms. The maximum absolute atomic E-state index is 9.19. The molecular weight excluding hydrogens is 172 g/mol. The number of hydrogen-bond acceptors (Lipinski definition) is 4. The molecule has 0 aliphatic rings. The highest BCUT2D eigenvalue weighted by molar-refractivity contribution is 5.97. The largest absolute Gasteiger partial charge is 0.508 e. The van der Waals surface area contributed by atoms with E-state index in [1.54, 1.807) is 0 Å². The fourth-order valence-corrected chi connectivity index (χ4v) is 0.929. The quantitative estimate of drug-likeness (QED) is 0.223. The number of amidine groups is 1. The second-order valence-corrected chi connectivity index (χ2v) is 2.49. The maximum atomic E-state index is 9.19. The Kier molecular flexibility index (Phi) is 2.71. The van der Waals surface area contributed by atoms with Crippen LogP contribution in [0.4, 0.5) is 0 Å². The van der Waals surface area contributed by atoms with Gasteiger partial charge in [0.25, 0.3) is 0 Å². The molecule has 1 aromatic carbocycles. The van der Waals surface area contributed by atoms with Gasteiger partial charge in [-0.25, -0.2) is 0 Å². The molecule has 0 aromatic heterocycles. The number of phenols is 1. The lowest BCUT2D eigenvalue weighted by Crippen LogP contribution is -2.13. The number of oxime groups is 1. The van der Waals surface area contributed by atoms with Crippen LogP contribution in [0.2, 0.25) is 0 Å². The zero-order chi connectivity index (χ0) is 9.84. The molecule has 0 aliphatic carbocycles. The van der Waals surface area contributed by atoms with Gasteiger partial charge >= 0.3 is 0 Å². The molecule has 0 bridgehead atoms. The molecule has 70 valence electrons. The van der Waals surface area contributed by atoms with Crippen LogP contribution in [0.3, 0.4) is 0 Å². The number of benzene rings is 1. The van der Waals surface area contributed by atoms with Crippen molar-refractivity contribution in [3.05, 3.63) is 29.3 Å². The van der Waals surface area contributed by atoms with Crippen LogP contribution in [0.15, 0.2) is 23.4 Å². The summed E-state index contributed by atoms with van der Waals surface area (Å²) >= 11 is 0. The van der Waals surface area contributed by atoms with Crippen molar-refractivity contribution in [2.24, 2.45) is 10.9 Å². The highest BCUT2D eigenvalue weighted by atomic mass is 16.4. The summed E-state index contributed by atoms with van der Waals surface area (Å²) in [6.07, 6.45) is 0. The van der Waals surface area contributed by atoms with Crippen molar-refractivity contribution in [3.63, 3.8) is 0 Å². The number of aromatic hydroxyl groups is 1. The van der Waals surface area contributed by atoms with Gasteiger partial charge < -0.3 is 21.2 Å². The molecular formula is C8H10N2O3. The Labute approximate surface area is 74.7 Å². The molecule has 0 saturated carbocycles. The van der Waals surface area contributed by atoms with Gasteiger partial charge in [-0.05, 0) is 18.2 Å². The van der Waals surface area contributed by atoms with Crippen molar-refractivity contribution in [1.29, 1.82) is 0 Å². The third-order valence-corrected chi connectivity index (χ3v) is 1.65. The Morgan fingerprint density at radius 2 is 2.15 bits per heavy atom. The first-order valence-corrected chi connectivity index (χ1v) is 3.59. The zero-order valence-corrected chi connectivity index (χ0v) is 6.81. The number of aliphatic hydroxyl groups excluding tert-OH is 1. The highest BCUT2D eigenvalue weighted by Gasteiger charge is 2.04. The first-order chi connectivity index (χ1) is 6.19. The summed E-state index contributed by atoms with van der Waals surface area (Å²) in [7, 11) is 0. The van der Waals surface area contributed by atoms with Gasteiger partial charge in [0.15, 0.2) is 5.84 Å². The Balaban J connectivity index is 3.13. The van der Waals surface area contributed by atoms with Crippen molar-refractivity contribution in [1.82, 2.24) is 0 Å². The second kappa shape index (κ2) is 3.77. The molecule has 5 nitrogen and oxygen atoms in total. The summed E-state index contributed by atoms with van der Waals surface area (Å²) in [5, 5.41) is 29.1. The molecule has 0 amide bonds. The molecule has 0 aliphatic heterocycles. The van der Waals surface area contributed by atoms with E-state index in [2.05, 4.69) is 5.16 Å². The van der Waals surface area contributed by atoms with E-state index in [1.807, 2.05) is 0 Å². The predicted octanol–water partition coefficient (Wildman–Crippen LogP) is -0.0210. The van der Waals surface area contributed by atoms with E-state index in [-0.39, 0.29) is 18.2 Å². The molecule has 0 saturated heterocycles. The third-order valence-electron chi connectivity index (χ3n) is 1.65. The first-order valence-electron chi connectivity index (χ1n) is 3.59. The lowest BCUT2D eigenvalue weighted by molar-refractivity contribution is 0.275. The van der Waals surface area contributed by atoms with Crippen LogP contribution >= 0.6 is 0 Å². The SMILES string of the molecule is N/C(=N/O)c1ccc(O)c(CO)c1. The summed E-state index contributed by atoms with van der Waals surface area (Å²) in [6.45, 7) is -0.293. The predicted molar refractivity (Wildman–Crippen MR) is 46.5 cm³/mol. The monoisotopic (exact) mass is 182 g/mol. The molecule has 0 spiro atoms. The van der Waals surface area contributed by atoms with Crippen molar-refractivity contribution in [2.45, 2.75) is 6.61 Å². The van der Waals surface area contributed by atoms with Crippen LogP contribution in [0.1, 0.15) is 11.1 Å². The van der Waals surface area contributed by atoms with Gasteiger partial charge in [0.2, 0.25) is 0 Å². The van der Waals surface area contributed by atoms with E-state index >= 15 is 0 Å². The third kappa shape index (κ3) is 1.88.